The molecule has 0 unspecified atom stereocenters. The number of nitrogens with one attached hydrogen (secondary N) is 1. The number of hydrazone groups is 1. The van der Waals surface area contributed by atoms with Crippen molar-refractivity contribution in [3.05, 3.63) is 69.6 Å². The fourth-order valence-corrected chi connectivity index (χ4v) is 3.82. The third-order valence-corrected chi connectivity index (χ3v) is 5.67. The Hall–Kier alpha value is -3.14. The predicted molar refractivity (Wildman–Crippen MR) is 135 cm³/mol. The smallest absolute Gasteiger partial charge is 0.245 e. The average molecular weight is 520 g/mol. The van der Waals surface area contributed by atoms with Crippen molar-refractivity contribution in [2.45, 2.75) is 13.5 Å². The van der Waals surface area contributed by atoms with E-state index in [4.69, 9.17) is 37.4 Å². The van der Waals surface area contributed by atoms with E-state index in [1.807, 2.05) is 24.0 Å². The van der Waals surface area contributed by atoms with Crippen LogP contribution in [0.3, 0.4) is 0 Å². The van der Waals surface area contributed by atoms with Gasteiger partial charge in [-0.3, -0.25) is 0 Å². The molecule has 0 saturated carbocycles. The van der Waals surface area contributed by atoms with Crippen LogP contribution >= 0.6 is 23.2 Å². The molecule has 8 nitrogen and oxygen atoms in total. The molecule has 1 aliphatic rings. The van der Waals surface area contributed by atoms with Gasteiger partial charge in [0, 0.05) is 28.7 Å². The first kappa shape index (κ1) is 25.0. The van der Waals surface area contributed by atoms with Gasteiger partial charge in [-0.1, -0.05) is 29.3 Å². The molecule has 2 aromatic carbocycles. The van der Waals surface area contributed by atoms with Crippen molar-refractivity contribution in [1.82, 2.24) is 9.97 Å². The minimum atomic E-state index is -0.488. The zero-order chi connectivity index (χ0) is 24.6. The number of aromatic nitrogens is 2. The zero-order valence-electron chi connectivity index (χ0n) is 19.0. The summed E-state index contributed by atoms with van der Waals surface area (Å²) in [5.41, 5.74) is 4.32. The van der Waals surface area contributed by atoms with Crippen LogP contribution in [0.4, 0.5) is 16.2 Å². The molecule has 1 saturated heterocycles. The Bertz CT molecular complexity index is 1190. The Kier molecular flexibility index (Phi) is 8.57. The van der Waals surface area contributed by atoms with Crippen molar-refractivity contribution in [3.8, 4) is 11.5 Å². The topological polar surface area (TPSA) is 81.1 Å². The molecule has 0 bridgehead atoms. The first-order valence-electron chi connectivity index (χ1n) is 11.0. The van der Waals surface area contributed by atoms with Crippen molar-refractivity contribution < 1.29 is 18.6 Å². The Labute approximate surface area is 212 Å². The normalized spacial score (nSPS) is 13.8. The summed E-state index contributed by atoms with van der Waals surface area (Å²) < 4.78 is 31.2. The molecule has 35 heavy (non-hydrogen) atoms. The monoisotopic (exact) mass is 519 g/mol. The van der Waals surface area contributed by atoms with Crippen molar-refractivity contribution in [3.63, 3.8) is 0 Å². The Balaban J connectivity index is 1.42. The summed E-state index contributed by atoms with van der Waals surface area (Å²) in [5.74, 6) is 1.06. The summed E-state index contributed by atoms with van der Waals surface area (Å²) in [5, 5.41) is 5.28. The molecule has 0 amide bonds. The summed E-state index contributed by atoms with van der Waals surface area (Å²) in [7, 11) is 0. The standard InChI is InChI=1S/C24H24Cl2FN5O3/c1-2-34-22-11-16(3-6-21(22)35-15-17-4-5-18(25)12-19(17)26)13-29-31-24-28-14-20(27)23(30-24)32-7-9-33-10-8-32/h3-6,11-14H,2,7-10,15H2,1H3,(H,28,30,31). The van der Waals surface area contributed by atoms with Crippen LogP contribution in [0.15, 0.2) is 47.7 Å². The highest BCUT2D eigenvalue weighted by Crippen LogP contribution is 2.30. The second-order valence-corrected chi connectivity index (χ2v) is 8.34. The van der Waals surface area contributed by atoms with Crippen molar-refractivity contribution >= 4 is 41.2 Å². The van der Waals surface area contributed by atoms with E-state index >= 15 is 0 Å². The number of halogens is 3. The van der Waals surface area contributed by atoms with Crippen LogP contribution in [-0.4, -0.2) is 49.1 Å². The first-order chi connectivity index (χ1) is 17.0. The van der Waals surface area contributed by atoms with Gasteiger partial charge in [0.25, 0.3) is 0 Å². The van der Waals surface area contributed by atoms with E-state index in [0.717, 1.165) is 17.3 Å². The summed E-state index contributed by atoms with van der Waals surface area (Å²) >= 11 is 12.2. The molecule has 11 heteroatoms. The summed E-state index contributed by atoms with van der Waals surface area (Å²) in [6, 6.07) is 10.7. The average Bonchev–Trinajstić information content (AvgIpc) is 2.86. The number of anilines is 2. The molecule has 1 aromatic heterocycles. The molecule has 2 heterocycles. The number of hydrogen-bond donors (Lipinski definition) is 1. The molecule has 1 N–H and O–H groups in total. The highest BCUT2D eigenvalue weighted by atomic mass is 35.5. The molecule has 184 valence electrons. The molecule has 1 aliphatic heterocycles. The van der Waals surface area contributed by atoms with Gasteiger partial charge in [-0.25, -0.2) is 14.8 Å². The van der Waals surface area contributed by atoms with E-state index in [1.165, 1.54) is 0 Å². The number of hydrogen-bond acceptors (Lipinski definition) is 8. The lowest BCUT2D eigenvalue weighted by molar-refractivity contribution is 0.122. The van der Waals surface area contributed by atoms with Gasteiger partial charge in [-0.2, -0.15) is 10.1 Å². The maximum absolute atomic E-state index is 14.2. The lowest BCUT2D eigenvalue weighted by Gasteiger charge is -2.27. The zero-order valence-corrected chi connectivity index (χ0v) is 20.5. The quantitative estimate of drug-likeness (QED) is 0.308. The van der Waals surface area contributed by atoms with Crippen molar-refractivity contribution in [2.24, 2.45) is 5.10 Å². The number of rotatable bonds is 9. The highest BCUT2D eigenvalue weighted by Gasteiger charge is 2.17. The molecule has 4 rings (SSSR count). The summed E-state index contributed by atoms with van der Waals surface area (Å²) in [4.78, 5) is 10.0. The molecule has 0 aliphatic carbocycles. The van der Waals surface area contributed by atoms with Gasteiger partial charge in [0.15, 0.2) is 23.1 Å². The van der Waals surface area contributed by atoms with Crippen LogP contribution in [0.1, 0.15) is 18.1 Å². The molecule has 1 fully saturated rings. The van der Waals surface area contributed by atoms with Crippen LogP contribution in [0.5, 0.6) is 11.5 Å². The van der Waals surface area contributed by atoms with Crippen LogP contribution < -0.4 is 19.8 Å². The lowest BCUT2D eigenvalue weighted by atomic mass is 10.2. The van der Waals surface area contributed by atoms with Crippen LogP contribution in [0.2, 0.25) is 10.0 Å². The molecule has 0 radical (unpaired) electrons. The number of ether oxygens (including phenoxy) is 3. The van der Waals surface area contributed by atoms with E-state index in [9.17, 15) is 4.39 Å². The second-order valence-electron chi connectivity index (χ2n) is 7.50. The third-order valence-electron chi connectivity index (χ3n) is 5.08. The van der Waals surface area contributed by atoms with Crippen molar-refractivity contribution in [2.75, 3.05) is 43.2 Å². The summed E-state index contributed by atoms with van der Waals surface area (Å²) in [6.45, 7) is 4.80. The van der Waals surface area contributed by atoms with E-state index in [1.54, 1.807) is 30.5 Å². The SMILES string of the molecule is CCOc1cc(C=NNc2ncc(F)c(N3CCOCC3)n2)ccc1OCc1ccc(Cl)cc1Cl. The van der Waals surface area contributed by atoms with Crippen molar-refractivity contribution in [1.29, 1.82) is 0 Å². The number of nitrogens with zero attached hydrogens (tertiary/aromatic N) is 4. The van der Waals surface area contributed by atoms with Gasteiger partial charge in [0.2, 0.25) is 5.95 Å². The van der Waals surface area contributed by atoms with Gasteiger partial charge in [0.05, 0.1) is 32.2 Å². The summed E-state index contributed by atoms with van der Waals surface area (Å²) in [6.07, 6.45) is 2.71. The minimum absolute atomic E-state index is 0.189. The second kappa shape index (κ2) is 12.0. The van der Waals surface area contributed by atoms with Crippen LogP contribution in [0, 0.1) is 5.82 Å². The molecular formula is C24H24Cl2FN5O3. The molecular weight excluding hydrogens is 496 g/mol. The maximum Gasteiger partial charge on any atom is 0.245 e. The molecule has 0 spiro atoms. The Morgan fingerprint density at radius 2 is 1.97 bits per heavy atom. The van der Waals surface area contributed by atoms with Crippen LogP contribution in [-0.2, 0) is 11.3 Å². The number of morpholine rings is 1. The first-order valence-corrected chi connectivity index (χ1v) is 11.8. The van der Waals surface area contributed by atoms with Gasteiger partial charge in [-0.05, 0) is 42.8 Å². The third kappa shape index (κ3) is 6.72. The largest absolute Gasteiger partial charge is 0.490 e. The Morgan fingerprint density at radius 1 is 1.14 bits per heavy atom. The van der Waals surface area contributed by atoms with Crippen LogP contribution in [0.25, 0.3) is 0 Å². The fourth-order valence-electron chi connectivity index (χ4n) is 3.36. The van der Waals surface area contributed by atoms with E-state index in [2.05, 4.69) is 20.5 Å². The lowest BCUT2D eigenvalue weighted by Crippen LogP contribution is -2.37. The molecule has 0 atom stereocenters. The van der Waals surface area contributed by atoms with Gasteiger partial charge in [-0.15, -0.1) is 0 Å². The van der Waals surface area contributed by atoms with Gasteiger partial charge >= 0.3 is 0 Å². The number of benzene rings is 2. The molecule has 3 aromatic rings. The predicted octanol–water partition coefficient (Wildman–Crippen LogP) is 5.18. The van der Waals surface area contributed by atoms with Gasteiger partial charge < -0.3 is 19.1 Å². The van der Waals surface area contributed by atoms with E-state index in [-0.39, 0.29) is 18.4 Å². The fraction of sp³-hybridized carbons (Fsp3) is 0.292. The van der Waals surface area contributed by atoms with Gasteiger partial charge in [0.1, 0.15) is 6.61 Å². The Morgan fingerprint density at radius 3 is 2.74 bits per heavy atom. The maximum atomic E-state index is 14.2. The minimum Gasteiger partial charge on any atom is -0.490 e. The van der Waals surface area contributed by atoms with E-state index in [0.29, 0.717) is 54.5 Å². The highest BCUT2D eigenvalue weighted by molar-refractivity contribution is 6.35. The van der Waals surface area contributed by atoms with E-state index < -0.39 is 5.82 Å².